The molecule has 0 amide bonds. The first kappa shape index (κ1) is 13.3. The van der Waals surface area contributed by atoms with Gasteiger partial charge in [0.15, 0.2) is 5.78 Å². The predicted molar refractivity (Wildman–Crippen MR) is 73.1 cm³/mol. The van der Waals surface area contributed by atoms with Gasteiger partial charge < -0.3 is 4.74 Å². The third-order valence-corrected chi connectivity index (χ3v) is 3.62. The highest BCUT2D eigenvalue weighted by Gasteiger charge is 2.17. The van der Waals surface area contributed by atoms with Gasteiger partial charge in [0.2, 0.25) is 0 Å². The Bertz CT molecular complexity index is 386. The van der Waals surface area contributed by atoms with Crippen molar-refractivity contribution in [2.24, 2.45) is 0 Å². The smallest absolute Gasteiger partial charge is 0.162 e. The van der Waals surface area contributed by atoms with Gasteiger partial charge in [-0.3, -0.25) is 4.79 Å². The molecule has 1 aliphatic rings. The molecule has 1 saturated heterocycles. The Kier molecular flexibility index (Phi) is 4.54. The average Bonchev–Trinajstić information content (AvgIpc) is 2.89. The second-order valence-corrected chi connectivity index (χ2v) is 5.37. The van der Waals surface area contributed by atoms with Crippen LogP contribution in [0.15, 0.2) is 24.3 Å². The number of carbonyl (C=O) groups excluding carboxylic acids is 1. The van der Waals surface area contributed by atoms with Gasteiger partial charge in [0.25, 0.3) is 0 Å². The molecule has 0 radical (unpaired) electrons. The van der Waals surface area contributed by atoms with E-state index in [0.29, 0.717) is 18.4 Å². The normalized spacial score (nSPS) is 19.4. The first-order valence-corrected chi connectivity index (χ1v) is 6.91. The van der Waals surface area contributed by atoms with E-state index in [9.17, 15) is 4.79 Å². The molecular formula is C16H22O2. The van der Waals surface area contributed by atoms with Crippen LogP contribution in [0.3, 0.4) is 0 Å². The average molecular weight is 246 g/mol. The fourth-order valence-corrected chi connectivity index (χ4v) is 2.36. The summed E-state index contributed by atoms with van der Waals surface area (Å²) >= 11 is 0. The summed E-state index contributed by atoms with van der Waals surface area (Å²) in [7, 11) is 0. The standard InChI is InChI=1S/C16H22O2/c1-12(2)13-5-7-14(8-6-13)16(17)10-9-15-4-3-11-18-15/h5-8,12,15H,3-4,9-11H2,1-2H3. The lowest BCUT2D eigenvalue weighted by Gasteiger charge is -2.09. The molecule has 1 aliphatic heterocycles. The van der Waals surface area contributed by atoms with E-state index in [1.165, 1.54) is 5.56 Å². The van der Waals surface area contributed by atoms with E-state index in [0.717, 1.165) is 31.4 Å². The zero-order valence-corrected chi connectivity index (χ0v) is 11.3. The molecule has 0 aromatic heterocycles. The maximum absolute atomic E-state index is 12.0. The highest BCUT2D eigenvalue weighted by molar-refractivity contribution is 5.96. The van der Waals surface area contributed by atoms with Crippen molar-refractivity contribution in [2.75, 3.05) is 6.61 Å². The second-order valence-electron chi connectivity index (χ2n) is 5.37. The van der Waals surface area contributed by atoms with E-state index in [1.807, 2.05) is 12.1 Å². The largest absolute Gasteiger partial charge is 0.378 e. The van der Waals surface area contributed by atoms with Crippen molar-refractivity contribution in [3.63, 3.8) is 0 Å². The van der Waals surface area contributed by atoms with E-state index < -0.39 is 0 Å². The van der Waals surface area contributed by atoms with Crippen LogP contribution in [0.5, 0.6) is 0 Å². The Labute approximate surface area is 109 Å². The van der Waals surface area contributed by atoms with Crippen molar-refractivity contribution in [1.29, 1.82) is 0 Å². The quantitative estimate of drug-likeness (QED) is 0.735. The molecule has 2 rings (SSSR count). The molecule has 1 atom stereocenters. The van der Waals surface area contributed by atoms with Crippen LogP contribution in [0.25, 0.3) is 0 Å². The zero-order chi connectivity index (χ0) is 13.0. The van der Waals surface area contributed by atoms with Crippen LogP contribution in [0, 0.1) is 0 Å². The fourth-order valence-electron chi connectivity index (χ4n) is 2.36. The van der Waals surface area contributed by atoms with E-state index in [-0.39, 0.29) is 5.78 Å². The van der Waals surface area contributed by atoms with E-state index in [1.54, 1.807) is 0 Å². The van der Waals surface area contributed by atoms with Gasteiger partial charge in [0.05, 0.1) is 6.10 Å². The summed E-state index contributed by atoms with van der Waals surface area (Å²) < 4.78 is 5.54. The second kappa shape index (κ2) is 6.14. The lowest BCUT2D eigenvalue weighted by Crippen LogP contribution is -2.08. The molecule has 1 heterocycles. The summed E-state index contributed by atoms with van der Waals surface area (Å²) in [6, 6.07) is 8.02. The van der Waals surface area contributed by atoms with Crippen molar-refractivity contribution in [2.45, 2.75) is 51.6 Å². The molecular weight excluding hydrogens is 224 g/mol. The van der Waals surface area contributed by atoms with E-state index in [2.05, 4.69) is 26.0 Å². The number of carbonyl (C=O) groups is 1. The number of hydrogen-bond acceptors (Lipinski definition) is 2. The van der Waals surface area contributed by atoms with Crippen LogP contribution < -0.4 is 0 Å². The minimum absolute atomic E-state index is 0.237. The van der Waals surface area contributed by atoms with Gasteiger partial charge in [-0.25, -0.2) is 0 Å². The van der Waals surface area contributed by atoms with Crippen molar-refractivity contribution in [3.05, 3.63) is 35.4 Å². The Morgan fingerprint density at radius 2 is 2.06 bits per heavy atom. The van der Waals surface area contributed by atoms with Gasteiger partial charge in [0.1, 0.15) is 0 Å². The molecule has 98 valence electrons. The Hall–Kier alpha value is -1.15. The van der Waals surface area contributed by atoms with E-state index in [4.69, 9.17) is 4.74 Å². The minimum atomic E-state index is 0.237. The molecule has 2 nitrogen and oxygen atoms in total. The maximum Gasteiger partial charge on any atom is 0.162 e. The van der Waals surface area contributed by atoms with Crippen LogP contribution in [0.4, 0.5) is 0 Å². The summed E-state index contributed by atoms with van der Waals surface area (Å²) in [5.41, 5.74) is 2.11. The molecule has 1 fully saturated rings. The summed E-state index contributed by atoms with van der Waals surface area (Å²) in [6.45, 7) is 5.18. The number of hydrogen-bond donors (Lipinski definition) is 0. The fraction of sp³-hybridized carbons (Fsp3) is 0.562. The maximum atomic E-state index is 12.0. The Morgan fingerprint density at radius 3 is 2.61 bits per heavy atom. The lowest BCUT2D eigenvalue weighted by atomic mass is 9.98. The summed E-state index contributed by atoms with van der Waals surface area (Å²) in [5, 5.41) is 0. The third-order valence-electron chi connectivity index (χ3n) is 3.62. The summed E-state index contributed by atoms with van der Waals surface area (Å²) in [4.78, 5) is 12.0. The first-order valence-electron chi connectivity index (χ1n) is 6.91. The molecule has 2 heteroatoms. The molecule has 0 aliphatic carbocycles. The molecule has 1 aromatic carbocycles. The highest BCUT2D eigenvalue weighted by Crippen LogP contribution is 2.19. The van der Waals surface area contributed by atoms with Gasteiger partial charge in [-0.2, -0.15) is 0 Å². The highest BCUT2D eigenvalue weighted by atomic mass is 16.5. The Morgan fingerprint density at radius 1 is 1.33 bits per heavy atom. The zero-order valence-electron chi connectivity index (χ0n) is 11.3. The molecule has 1 aromatic rings. The minimum Gasteiger partial charge on any atom is -0.378 e. The van der Waals surface area contributed by atoms with Gasteiger partial charge in [-0.15, -0.1) is 0 Å². The SMILES string of the molecule is CC(C)c1ccc(C(=O)CCC2CCCO2)cc1. The van der Waals surface area contributed by atoms with Crippen LogP contribution in [-0.2, 0) is 4.74 Å². The number of benzene rings is 1. The van der Waals surface area contributed by atoms with Crippen molar-refractivity contribution in [1.82, 2.24) is 0 Å². The van der Waals surface area contributed by atoms with Gasteiger partial charge in [-0.1, -0.05) is 38.1 Å². The number of Topliss-reactive ketones (excluding diaryl/α,β-unsaturated/α-hetero) is 1. The topological polar surface area (TPSA) is 26.3 Å². The first-order chi connectivity index (χ1) is 8.66. The monoisotopic (exact) mass is 246 g/mol. The molecule has 0 saturated carbocycles. The van der Waals surface area contributed by atoms with Crippen molar-refractivity contribution >= 4 is 5.78 Å². The lowest BCUT2D eigenvalue weighted by molar-refractivity contribution is 0.0859. The number of rotatable bonds is 5. The van der Waals surface area contributed by atoms with Gasteiger partial charge in [-0.05, 0) is 30.7 Å². The molecule has 0 N–H and O–H groups in total. The molecule has 0 spiro atoms. The summed E-state index contributed by atoms with van der Waals surface area (Å²) in [6.07, 6.45) is 4.03. The van der Waals surface area contributed by atoms with Gasteiger partial charge >= 0.3 is 0 Å². The van der Waals surface area contributed by atoms with Crippen LogP contribution in [0.1, 0.15) is 61.4 Å². The molecule has 18 heavy (non-hydrogen) atoms. The Balaban J connectivity index is 1.87. The van der Waals surface area contributed by atoms with Gasteiger partial charge in [0, 0.05) is 18.6 Å². The van der Waals surface area contributed by atoms with Crippen LogP contribution in [-0.4, -0.2) is 18.5 Å². The molecule has 1 unspecified atom stereocenters. The predicted octanol–water partition coefficient (Wildman–Crippen LogP) is 3.95. The molecule has 0 bridgehead atoms. The third kappa shape index (κ3) is 3.42. The van der Waals surface area contributed by atoms with E-state index >= 15 is 0 Å². The van der Waals surface area contributed by atoms with Crippen molar-refractivity contribution < 1.29 is 9.53 Å². The van der Waals surface area contributed by atoms with Crippen molar-refractivity contribution in [3.8, 4) is 0 Å². The number of ketones is 1. The number of ether oxygens (including phenoxy) is 1. The summed E-state index contributed by atoms with van der Waals surface area (Å²) in [5.74, 6) is 0.752. The van der Waals surface area contributed by atoms with Crippen LogP contribution >= 0.6 is 0 Å². The van der Waals surface area contributed by atoms with Crippen LogP contribution in [0.2, 0.25) is 0 Å².